The first-order valence-corrected chi connectivity index (χ1v) is 8.80. The van der Waals surface area contributed by atoms with E-state index in [1.165, 1.54) is 19.3 Å². The molecule has 0 aromatic carbocycles. The first-order chi connectivity index (χ1) is 11.3. The molecular weight excluding hydrogens is 361 g/mol. The van der Waals surface area contributed by atoms with E-state index in [0.29, 0.717) is 5.69 Å². The second-order valence-corrected chi connectivity index (χ2v) is 6.60. The normalized spacial score (nSPS) is 17.8. The Balaban J connectivity index is 0.00000156. The second kappa shape index (κ2) is 10.8. The van der Waals surface area contributed by atoms with Crippen LogP contribution in [0.4, 0.5) is 5.82 Å². The molecule has 6 nitrogen and oxygen atoms in total. The van der Waals surface area contributed by atoms with Gasteiger partial charge in [-0.2, -0.15) is 0 Å². The smallest absolute Gasteiger partial charge is 0.274 e. The fourth-order valence-electron chi connectivity index (χ4n) is 3.49. The summed E-state index contributed by atoms with van der Waals surface area (Å²) in [7, 11) is 1.99. The molecule has 25 heavy (non-hydrogen) atoms. The first-order valence-electron chi connectivity index (χ1n) is 8.80. The topological polar surface area (TPSA) is 61.4 Å². The number of aromatic nitrogens is 2. The minimum absolute atomic E-state index is 0. The zero-order chi connectivity index (χ0) is 16.1. The molecule has 0 unspecified atom stereocenters. The quantitative estimate of drug-likeness (QED) is 0.837. The zero-order valence-corrected chi connectivity index (χ0v) is 16.4. The number of halogens is 2. The SMILES string of the molecule is CNCCC1CCN(C(=O)c2ccc(N3CCCC3)nn2)CC1.Cl.Cl. The maximum absolute atomic E-state index is 12.6. The van der Waals surface area contributed by atoms with E-state index < -0.39 is 0 Å². The van der Waals surface area contributed by atoms with Crippen LogP contribution in [-0.4, -0.2) is 60.8 Å². The maximum Gasteiger partial charge on any atom is 0.274 e. The van der Waals surface area contributed by atoms with Crippen LogP contribution >= 0.6 is 24.8 Å². The number of hydrogen-bond acceptors (Lipinski definition) is 5. The van der Waals surface area contributed by atoms with Crippen LogP contribution in [0, 0.1) is 5.92 Å². The minimum Gasteiger partial charge on any atom is -0.355 e. The van der Waals surface area contributed by atoms with Gasteiger partial charge in [0.25, 0.3) is 5.91 Å². The van der Waals surface area contributed by atoms with Gasteiger partial charge < -0.3 is 15.1 Å². The first kappa shape index (κ1) is 21.9. The lowest BCUT2D eigenvalue weighted by Gasteiger charge is -2.31. The molecule has 2 aliphatic heterocycles. The van der Waals surface area contributed by atoms with Gasteiger partial charge in [0, 0.05) is 26.2 Å². The van der Waals surface area contributed by atoms with Crippen molar-refractivity contribution in [3.05, 3.63) is 17.8 Å². The number of anilines is 1. The Morgan fingerprint density at radius 3 is 2.36 bits per heavy atom. The van der Waals surface area contributed by atoms with Gasteiger partial charge in [-0.15, -0.1) is 35.0 Å². The number of likely N-dealkylation sites (tertiary alicyclic amines) is 1. The second-order valence-electron chi connectivity index (χ2n) is 6.60. The Hall–Kier alpha value is -1.11. The van der Waals surface area contributed by atoms with Crippen molar-refractivity contribution in [2.24, 2.45) is 5.92 Å². The average molecular weight is 390 g/mol. The van der Waals surface area contributed by atoms with E-state index in [1.807, 2.05) is 24.1 Å². The summed E-state index contributed by atoms with van der Waals surface area (Å²) >= 11 is 0. The summed E-state index contributed by atoms with van der Waals surface area (Å²) < 4.78 is 0. The molecule has 0 bridgehead atoms. The lowest BCUT2D eigenvalue weighted by atomic mass is 9.93. The molecule has 2 saturated heterocycles. The molecule has 1 aromatic heterocycles. The van der Waals surface area contributed by atoms with Gasteiger partial charge in [-0.1, -0.05) is 0 Å². The predicted molar refractivity (Wildman–Crippen MR) is 105 cm³/mol. The van der Waals surface area contributed by atoms with E-state index in [-0.39, 0.29) is 30.7 Å². The van der Waals surface area contributed by atoms with Gasteiger partial charge in [0.05, 0.1) is 0 Å². The van der Waals surface area contributed by atoms with Crippen molar-refractivity contribution < 1.29 is 4.79 Å². The van der Waals surface area contributed by atoms with Crippen LogP contribution in [0.5, 0.6) is 0 Å². The highest BCUT2D eigenvalue weighted by Gasteiger charge is 2.24. The molecule has 0 atom stereocenters. The van der Waals surface area contributed by atoms with Crippen LogP contribution < -0.4 is 10.2 Å². The van der Waals surface area contributed by atoms with E-state index in [0.717, 1.165) is 57.3 Å². The largest absolute Gasteiger partial charge is 0.355 e. The molecule has 8 heteroatoms. The number of amides is 1. The van der Waals surface area contributed by atoms with Crippen molar-refractivity contribution in [1.29, 1.82) is 0 Å². The Morgan fingerprint density at radius 1 is 1.12 bits per heavy atom. The molecule has 0 aliphatic carbocycles. The highest BCUT2D eigenvalue weighted by atomic mass is 35.5. The van der Waals surface area contributed by atoms with Crippen LogP contribution in [0.3, 0.4) is 0 Å². The molecule has 142 valence electrons. The molecule has 0 spiro atoms. The van der Waals surface area contributed by atoms with Gasteiger partial charge in [-0.3, -0.25) is 4.79 Å². The molecule has 3 heterocycles. The van der Waals surface area contributed by atoms with E-state index in [2.05, 4.69) is 20.4 Å². The number of carbonyl (C=O) groups is 1. The number of carbonyl (C=O) groups excluding carboxylic acids is 1. The number of nitrogens with one attached hydrogen (secondary N) is 1. The Morgan fingerprint density at radius 2 is 1.80 bits per heavy atom. The lowest BCUT2D eigenvalue weighted by Crippen LogP contribution is -2.39. The number of rotatable bonds is 5. The lowest BCUT2D eigenvalue weighted by molar-refractivity contribution is 0.0680. The Bertz CT molecular complexity index is 514. The predicted octanol–water partition coefficient (Wildman–Crippen LogP) is 2.38. The molecule has 2 aliphatic rings. The molecule has 3 rings (SSSR count). The highest BCUT2D eigenvalue weighted by Crippen LogP contribution is 2.22. The van der Waals surface area contributed by atoms with Crippen LogP contribution in [0.15, 0.2) is 12.1 Å². The molecule has 0 saturated carbocycles. The van der Waals surface area contributed by atoms with Crippen LogP contribution in [0.1, 0.15) is 42.6 Å². The summed E-state index contributed by atoms with van der Waals surface area (Å²) in [4.78, 5) is 16.7. The molecule has 1 aromatic rings. The van der Waals surface area contributed by atoms with Crippen molar-refractivity contribution in [2.45, 2.75) is 32.1 Å². The number of nitrogens with zero attached hydrogens (tertiary/aromatic N) is 4. The number of piperidine rings is 1. The fourth-order valence-corrected chi connectivity index (χ4v) is 3.49. The Labute approximate surface area is 162 Å². The van der Waals surface area contributed by atoms with Crippen molar-refractivity contribution in [1.82, 2.24) is 20.4 Å². The van der Waals surface area contributed by atoms with E-state index in [9.17, 15) is 4.79 Å². The maximum atomic E-state index is 12.6. The third-order valence-corrected chi connectivity index (χ3v) is 5.00. The molecule has 0 radical (unpaired) electrons. The summed E-state index contributed by atoms with van der Waals surface area (Å²) in [5, 5.41) is 11.6. The van der Waals surface area contributed by atoms with Gasteiger partial charge in [0.15, 0.2) is 11.5 Å². The minimum atomic E-state index is 0. The van der Waals surface area contributed by atoms with E-state index >= 15 is 0 Å². The molecular formula is C17H29Cl2N5O. The van der Waals surface area contributed by atoms with Gasteiger partial charge in [0.2, 0.25) is 0 Å². The van der Waals surface area contributed by atoms with Gasteiger partial charge in [0.1, 0.15) is 0 Å². The summed E-state index contributed by atoms with van der Waals surface area (Å²) in [5.74, 6) is 1.65. The van der Waals surface area contributed by atoms with Crippen molar-refractivity contribution >= 4 is 36.5 Å². The van der Waals surface area contributed by atoms with E-state index in [4.69, 9.17) is 0 Å². The monoisotopic (exact) mass is 389 g/mol. The summed E-state index contributed by atoms with van der Waals surface area (Å²) in [5.41, 5.74) is 0.474. The average Bonchev–Trinajstić information content (AvgIpc) is 3.14. The standard InChI is InChI=1S/C17H27N5O.2ClH/c1-18-9-6-14-7-12-22(13-8-14)17(23)15-4-5-16(20-19-15)21-10-2-3-11-21;;/h4-5,14,18H,2-3,6-13H2,1H3;2*1H. The summed E-state index contributed by atoms with van der Waals surface area (Å²) in [6.07, 6.45) is 5.80. The Kier molecular flexibility index (Phi) is 9.46. The number of hydrogen-bond donors (Lipinski definition) is 1. The van der Waals surface area contributed by atoms with Crippen molar-refractivity contribution in [3.8, 4) is 0 Å². The fraction of sp³-hybridized carbons (Fsp3) is 0.706. The van der Waals surface area contributed by atoms with Gasteiger partial charge in [-0.05, 0) is 63.7 Å². The van der Waals surface area contributed by atoms with Crippen LogP contribution in [0.2, 0.25) is 0 Å². The molecule has 1 amide bonds. The molecule has 1 N–H and O–H groups in total. The van der Waals surface area contributed by atoms with Gasteiger partial charge >= 0.3 is 0 Å². The van der Waals surface area contributed by atoms with Crippen LogP contribution in [0.25, 0.3) is 0 Å². The third-order valence-electron chi connectivity index (χ3n) is 5.00. The zero-order valence-electron chi connectivity index (χ0n) is 14.8. The van der Waals surface area contributed by atoms with E-state index in [1.54, 1.807) is 0 Å². The third kappa shape index (κ3) is 5.69. The summed E-state index contributed by atoms with van der Waals surface area (Å²) in [6.45, 7) is 4.82. The molecule has 2 fully saturated rings. The van der Waals surface area contributed by atoms with Crippen molar-refractivity contribution in [3.63, 3.8) is 0 Å². The van der Waals surface area contributed by atoms with Crippen LogP contribution in [-0.2, 0) is 0 Å². The van der Waals surface area contributed by atoms with Crippen molar-refractivity contribution in [2.75, 3.05) is 44.7 Å². The summed E-state index contributed by atoms with van der Waals surface area (Å²) in [6, 6.07) is 3.77. The van der Waals surface area contributed by atoms with Gasteiger partial charge in [-0.25, -0.2) is 0 Å². The highest BCUT2D eigenvalue weighted by molar-refractivity contribution is 5.92.